The Morgan fingerprint density at radius 3 is 2.69 bits per heavy atom. The SMILES string of the molecule is CCNC1CCCN(C(F)(F)F)C1. The maximum absolute atomic E-state index is 12.3. The summed E-state index contributed by atoms with van der Waals surface area (Å²) in [5.41, 5.74) is 0. The van der Waals surface area contributed by atoms with Gasteiger partial charge in [-0.25, -0.2) is 4.90 Å². The molecule has 1 aliphatic rings. The molecule has 1 rings (SSSR count). The molecule has 1 fully saturated rings. The van der Waals surface area contributed by atoms with Crippen LogP contribution in [0.3, 0.4) is 0 Å². The molecular formula is C8H15F3N2. The Hall–Kier alpha value is -0.290. The number of hydrogen-bond donors (Lipinski definition) is 1. The van der Waals surface area contributed by atoms with E-state index in [1.54, 1.807) is 0 Å². The molecule has 5 heteroatoms. The molecule has 13 heavy (non-hydrogen) atoms. The third-order valence-electron chi connectivity index (χ3n) is 2.27. The monoisotopic (exact) mass is 196 g/mol. The van der Waals surface area contributed by atoms with Crippen LogP contribution in [0.25, 0.3) is 0 Å². The quantitative estimate of drug-likeness (QED) is 0.674. The second kappa shape index (κ2) is 4.28. The van der Waals surface area contributed by atoms with Gasteiger partial charge in [0.2, 0.25) is 0 Å². The van der Waals surface area contributed by atoms with Crippen LogP contribution in [0.1, 0.15) is 19.8 Å². The number of piperidine rings is 1. The van der Waals surface area contributed by atoms with Crippen LogP contribution >= 0.6 is 0 Å². The zero-order valence-corrected chi connectivity index (χ0v) is 7.69. The summed E-state index contributed by atoms with van der Waals surface area (Å²) in [5.74, 6) is 0. The fourth-order valence-electron chi connectivity index (χ4n) is 1.66. The van der Waals surface area contributed by atoms with Crippen molar-refractivity contribution in [3.63, 3.8) is 0 Å². The maximum Gasteiger partial charge on any atom is 0.459 e. The van der Waals surface area contributed by atoms with Crippen LogP contribution < -0.4 is 5.32 Å². The van der Waals surface area contributed by atoms with Gasteiger partial charge in [-0.05, 0) is 19.4 Å². The number of likely N-dealkylation sites (N-methyl/N-ethyl adjacent to an activating group) is 1. The van der Waals surface area contributed by atoms with E-state index in [1.807, 2.05) is 6.92 Å². The summed E-state index contributed by atoms with van der Waals surface area (Å²) in [5, 5.41) is 3.04. The van der Waals surface area contributed by atoms with Crippen molar-refractivity contribution in [3.8, 4) is 0 Å². The Balaban J connectivity index is 2.42. The topological polar surface area (TPSA) is 15.3 Å². The lowest BCUT2D eigenvalue weighted by Crippen LogP contribution is -2.51. The smallest absolute Gasteiger partial charge is 0.313 e. The highest BCUT2D eigenvalue weighted by Gasteiger charge is 2.39. The van der Waals surface area contributed by atoms with E-state index in [0.29, 0.717) is 11.3 Å². The van der Waals surface area contributed by atoms with E-state index >= 15 is 0 Å². The molecule has 0 radical (unpaired) electrons. The molecule has 2 nitrogen and oxygen atoms in total. The first-order valence-corrected chi connectivity index (χ1v) is 4.59. The Labute approximate surface area is 76.1 Å². The van der Waals surface area contributed by atoms with Gasteiger partial charge in [0.1, 0.15) is 0 Å². The van der Waals surface area contributed by atoms with E-state index in [-0.39, 0.29) is 19.1 Å². The van der Waals surface area contributed by atoms with Gasteiger partial charge in [0.05, 0.1) is 0 Å². The van der Waals surface area contributed by atoms with E-state index in [9.17, 15) is 13.2 Å². The number of hydrogen-bond acceptors (Lipinski definition) is 2. The minimum absolute atomic E-state index is 0.000347. The molecule has 1 aliphatic heterocycles. The van der Waals surface area contributed by atoms with Gasteiger partial charge < -0.3 is 5.32 Å². The third kappa shape index (κ3) is 3.15. The van der Waals surface area contributed by atoms with Crippen molar-refractivity contribution in [2.45, 2.75) is 32.1 Å². The first kappa shape index (κ1) is 10.8. The van der Waals surface area contributed by atoms with Crippen LogP contribution in [-0.4, -0.2) is 36.9 Å². The number of alkyl halides is 3. The minimum Gasteiger partial charge on any atom is -0.313 e. The van der Waals surface area contributed by atoms with Gasteiger partial charge >= 0.3 is 6.30 Å². The molecule has 0 aromatic heterocycles. The molecule has 78 valence electrons. The molecule has 0 aromatic carbocycles. The van der Waals surface area contributed by atoms with Crippen LogP contribution in [0.2, 0.25) is 0 Å². The molecule has 1 N–H and O–H groups in total. The van der Waals surface area contributed by atoms with Crippen molar-refractivity contribution in [3.05, 3.63) is 0 Å². The molecule has 1 saturated heterocycles. The first-order chi connectivity index (χ1) is 6.04. The second-order valence-corrected chi connectivity index (χ2v) is 3.31. The average molecular weight is 196 g/mol. The van der Waals surface area contributed by atoms with Crippen LogP contribution in [0, 0.1) is 0 Å². The summed E-state index contributed by atoms with van der Waals surface area (Å²) in [6, 6.07) is 0.000347. The average Bonchev–Trinajstić information content (AvgIpc) is 2.04. The van der Waals surface area contributed by atoms with Gasteiger partial charge in [0.15, 0.2) is 0 Å². The maximum atomic E-state index is 12.3. The highest BCUT2D eigenvalue weighted by molar-refractivity contribution is 4.78. The van der Waals surface area contributed by atoms with E-state index in [0.717, 1.165) is 13.0 Å². The fraction of sp³-hybridized carbons (Fsp3) is 1.00. The Kier molecular flexibility index (Phi) is 3.55. The van der Waals surface area contributed by atoms with Crippen LogP contribution in [-0.2, 0) is 0 Å². The number of likely N-dealkylation sites (tertiary alicyclic amines) is 1. The first-order valence-electron chi connectivity index (χ1n) is 4.59. The predicted molar refractivity (Wildman–Crippen MR) is 44.3 cm³/mol. The van der Waals surface area contributed by atoms with Crippen LogP contribution in [0.5, 0.6) is 0 Å². The summed E-state index contributed by atoms with van der Waals surface area (Å²) in [6.07, 6.45) is -2.69. The molecule has 0 bridgehead atoms. The second-order valence-electron chi connectivity index (χ2n) is 3.31. The normalized spacial score (nSPS) is 26.3. The standard InChI is InChI=1S/C8H15F3N2/c1-2-12-7-4-3-5-13(6-7)8(9,10)11/h7,12H,2-6H2,1H3. The molecule has 0 spiro atoms. The number of nitrogens with one attached hydrogen (secondary N) is 1. The summed E-state index contributed by atoms with van der Waals surface area (Å²) in [4.78, 5) is 0.587. The zero-order valence-electron chi connectivity index (χ0n) is 7.69. The summed E-state index contributed by atoms with van der Waals surface area (Å²) in [7, 11) is 0. The van der Waals surface area contributed by atoms with Gasteiger partial charge in [0.25, 0.3) is 0 Å². The third-order valence-corrected chi connectivity index (χ3v) is 2.27. The van der Waals surface area contributed by atoms with E-state index in [4.69, 9.17) is 0 Å². The molecule has 0 amide bonds. The van der Waals surface area contributed by atoms with Crippen molar-refractivity contribution < 1.29 is 13.2 Å². The largest absolute Gasteiger partial charge is 0.459 e. The summed E-state index contributed by atoms with van der Waals surface area (Å²) < 4.78 is 36.8. The molecule has 1 heterocycles. The van der Waals surface area contributed by atoms with E-state index in [2.05, 4.69) is 5.32 Å². The van der Waals surface area contributed by atoms with E-state index < -0.39 is 6.30 Å². The van der Waals surface area contributed by atoms with Crippen molar-refractivity contribution in [1.29, 1.82) is 0 Å². The lowest BCUT2D eigenvalue weighted by atomic mass is 10.1. The van der Waals surface area contributed by atoms with Gasteiger partial charge in [0, 0.05) is 19.1 Å². The molecule has 0 aliphatic carbocycles. The van der Waals surface area contributed by atoms with Crippen molar-refractivity contribution in [2.75, 3.05) is 19.6 Å². The Morgan fingerprint density at radius 2 is 2.15 bits per heavy atom. The Bertz CT molecular complexity index is 156. The highest BCUT2D eigenvalue weighted by Crippen LogP contribution is 2.25. The van der Waals surface area contributed by atoms with Gasteiger partial charge in [-0.1, -0.05) is 6.92 Å². The molecule has 0 aromatic rings. The molecule has 1 unspecified atom stereocenters. The lowest BCUT2D eigenvalue weighted by Gasteiger charge is -2.33. The molecular weight excluding hydrogens is 181 g/mol. The molecule has 1 atom stereocenters. The number of halogens is 3. The van der Waals surface area contributed by atoms with Crippen molar-refractivity contribution in [2.24, 2.45) is 0 Å². The highest BCUT2D eigenvalue weighted by atomic mass is 19.4. The summed E-state index contributed by atoms with van der Waals surface area (Å²) >= 11 is 0. The summed E-state index contributed by atoms with van der Waals surface area (Å²) in [6.45, 7) is 2.88. The fourth-order valence-corrected chi connectivity index (χ4v) is 1.66. The number of nitrogens with zero attached hydrogens (tertiary/aromatic N) is 1. The van der Waals surface area contributed by atoms with Gasteiger partial charge in [-0.15, -0.1) is 0 Å². The minimum atomic E-state index is -4.16. The van der Waals surface area contributed by atoms with Gasteiger partial charge in [-0.2, -0.15) is 13.2 Å². The predicted octanol–water partition coefficient (Wildman–Crippen LogP) is 1.58. The lowest BCUT2D eigenvalue weighted by molar-refractivity contribution is -0.251. The zero-order chi connectivity index (χ0) is 9.90. The van der Waals surface area contributed by atoms with Crippen LogP contribution in [0.15, 0.2) is 0 Å². The van der Waals surface area contributed by atoms with Gasteiger partial charge in [-0.3, -0.25) is 0 Å². The Morgan fingerprint density at radius 1 is 1.46 bits per heavy atom. The molecule has 0 saturated carbocycles. The van der Waals surface area contributed by atoms with E-state index in [1.165, 1.54) is 0 Å². The van der Waals surface area contributed by atoms with Crippen molar-refractivity contribution >= 4 is 0 Å². The van der Waals surface area contributed by atoms with Crippen LogP contribution in [0.4, 0.5) is 13.2 Å². The van der Waals surface area contributed by atoms with Crippen molar-refractivity contribution in [1.82, 2.24) is 10.2 Å². The number of rotatable bonds is 2.